The zero-order chi connectivity index (χ0) is 20.1. The van der Waals surface area contributed by atoms with Crippen molar-refractivity contribution in [3.8, 4) is 0 Å². The summed E-state index contributed by atoms with van der Waals surface area (Å²) in [6, 6.07) is 9.21. The number of rotatable bonds is 7. The van der Waals surface area contributed by atoms with Gasteiger partial charge < -0.3 is 10.0 Å². The first kappa shape index (κ1) is 20.5. The Morgan fingerprint density at radius 2 is 1.93 bits per heavy atom. The van der Waals surface area contributed by atoms with Gasteiger partial charge >= 0.3 is 0 Å². The van der Waals surface area contributed by atoms with Crippen LogP contribution >= 0.6 is 0 Å². The third-order valence-electron chi connectivity index (χ3n) is 5.50. The molecular formula is C21H31N5O2. The number of carbonyl (C=O) groups is 1. The zero-order valence-corrected chi connectivity index (χ0v) is 17.1. The summed E-state index contributed by atoms with van der Waals surface area (Å²) in [5, 5.41) is 17.2. The number of carbonyl (C=O) groups excluding carboxylic acids is 1. The molecule has 28 heavy (non-hydrogen) atoms. The topological polar surface area (TPSA) is 74.5 Å². The number of nitrogens with zero attached hydrogens (tertiary/aromatic N) is 5. The van der Waals surface area contributed by atoms with Crippen LogP contribution in [0.3, 0.4) is 0 Å². The van der Waals surface area contributed by atoms with Crippen LogP contribution in [-0.4, -0.2) is 69.1 Å². The Morgan fingerprint density at radius 3 is 2.54 bits per heavy atom. The van der Waals surface area contributed by atoms with E-state index in [1.165, 1.54) is 16.0 Å². The molecule has 2 heterocycles. The minimum absolute atomic E-state index is 0.0605. The van der Waals surface area contributed by atoms with E-state index in [0.29, 0.717) is 18.2 Å². The van der Waals surface area contributed by atoms with Gasteiger partial charge in [0.15, 0.2) is 5.69 Å². The lowest BCUT2D eigenvalue weighted by Gasteiger charge is -2.31. The molecular weight excluding hydrogens is 354 g/mol. The van der Waals surface area contributed by atoms with Gasteiger partial charge in [-0.25, -0.2) is 4.68 Å². The number of likely N-dealkylation sites (N-methyl/N-ethyl adjacent to an activating group) is 1. The number of aliphatic hydroxyl groups excluding tert-OH is 1. The maximum atomic E-state index is 12.2. The van der Waals surface area contributed by atoms with Crippen molar-refractivity contribution in [3.63, 3.8) is 0 Å². The van der Waals surface area contributed by atoms with Crippen molar-refractivity contribution in [2.45, 2.75) is 45.2 Å². The molecule has 7 nitrogen and oxygen atoms in total. The van der Waals surface area contributed by atoms with Crippen LogP contribution in [0, 0.1) is 0 Å². The van der Waals surface area contributed by atoms with Crippen molar-refractivity contribution in [2.75, 3.05) is 33.3 Å². The van der Waals surface area contributed by atoms with Crippen molar-refractivity contribution in [3.05, 3.63) is 47.3 Å². The molecule has 0 saturated carbocycles. The summed E-state index contributed by atoms with van der Waals surface area (Å²) in [6.45, 7) is 7.64. The molecule has 1 fully saturated rings. The third kappa shape index (κ3) is 4.97. The number of hydrogen-bond donors (Lipinski definition) is 1. The summed E-state index contributed by atoms with van der Waals surface area (Å²) in [5.74, 6) is 0.357. The third-order valence-corrected chi connectivity index (χ3v) is 5.50. The number of aromatic nitrogens is 3. The van der Waals surface area contributed by atoms with Crippen molar-refractivity contribution in [1.29, 1.82) is 0 Å². The molecule has 1 N–H and O–H groups in total. The van der Waals surface area contributed by atoms with E-state index in [2.05, 4.69) is 53.3 Å². The highest BCUT2D eigenvalue weighted by Crippen LogP contribution is 2.23. The average Bonchev–Trinajstić information content (AvgIpc) is 3.18. The van der Waals surface area contributed by atoms with Crippen LogP contribution < -0.4 is 0 Å². The van der Waals surface area contributed by atoms with E-state index in [0.717, 1.165) is 32.5 Å². The molecule has 1 saturated heterocycles. The molecule has 0 unspecified atom stereocenters. The molecule has 0 radical (unpaired) electrons. The lowest BCUT2D eigenvalue weighted by Crippen LogP contribution is -2.34. The molecule has 0 aliphatic carbocycles. The molecule has 0 atom stereocenters. The van der Waals surface area contributed by atoms with E-state index in [4.69, 9.17) is 5.11 Å². The number of hydrogen-bond acceptors (Lipinski definition) is 5. The Balaban J connectivity index is 1.52. The molecule has 1 aliphatic heterocycles. The Bertz CT molecular complexity index is 763. The quantitative estimate of drug-likeness (QED) is 0.792. The largest absolute Gasteiger partial charge is 0.395 e. The lowest BCUT2D eigenvalue weighted by molar-refractivity contribution is 0.0761. The number of aliphatic hydroxyl groups is 1. The van der Waals surface area contributed by atoms with Crippen LogP contribution in [0.1, 0.15) is 60.3 Å². The maximum Gasteiger partial charge on any atom is 0.275 e. The van der Waals surface area contributed by atoms with E-state index in [1.54, 1.807) is 13.2 Å². The predicted molar refractivity (Wildman–Crippen MR) is 108 cm³/mol. The fourth-order valence-electron chi connectivity index (χ4n) is 3.61. The minimum Gasteiger partial charge on any atom is -0.395 e. The van der Waals surface area contributed by atoms with Gasteiger partial charge in [0.05, 0.1) is 18.8 Å². The summed E-state index contributed by atoms with van der Waals surface area (Å²) in [4.78, 5) is 16.2. The van der Waals surface area contributed by atoms with Crippen LogP contribution in [0.15, 0.2) is 30.5 Å². The average molecular weight is 386 g/mol. The molecule has 3 rings (SSSR count). The summed E-state index contributed by atoms with van der Waals surface area (Å²) in [5.41, 5.74) is 3.07. The second-order valence-electron chi connectivity index (χ2n) is 7.94. The Labute approximate surface area is 166 Å². The molecule has 1 aromatic carbocycles. The summed E-state index contributed by atoms with van der Waals surface area (Å²) in [6.07, 6.45) is 3.72. The van der Waals surface area contributed by atoms with Crippen molar-refractivity contribution < 1.29 is 9.90 Å². The fourth-order valence-corrected chi connectivity index (χ4v) is 3.61. The molecule has 7 heteroatoms. The monoisotopic (exact) mass is 385 g/mol. The predicted octanol–water partition coefficient (Wildman–Crippen LogP) is 2.30. The second kappa shape index (κ2) is 9.30. The first-order chi connectivity index (χ1) is 13.5. The molecule has 1 aromatic heterocycles. The van der Waals surface area contributed by atoms with Crippen LogP contribution in [0.2, 0.25) is 0 Å². The Morgan fingerprint density at radius 1 is 1.25 bits per heavy atom. The molecule has 0 spiro atoms. The highest BCUT2D eigenvalue weighted by molar-refractivity contribution is 5.91. The molecule has 152 valence electrons. The summed E-state index contributed by atoms with van der Waals surface area (Å²) in [7, 11) is 1.66. The van der Waals surface area contributed by atoms with E-state index in [9.17, 15) is 4.79 Å². The van der Waals surface area contributed by atoms with Gasteiger partial charge in [-0.1, -0.05) is 43.3 Å². The van der Waals surface area contributed by atoms with Gasteiger partial charge in [0.25, 0.3) is 5.91 Å². The molecule has 0 bridgehead atoms. The van der Waals surface area contributed by atoms with Gasteiger partial charge in [0, 0.05) is 33.2 Å². The van der Waals surface area contributed by atoms with E-state index >= 15 is 0 Å². The maximum absolute atomic E-state index is 12.2. The number of benzene rings is 1. The van der Waals surface area contributed by atoms with Gasteiger partial charge in [-0.2, -0.15) is 0 Å². The fraction of sp³-hybridized carbons (Fsp3) is 0.571. The number of amides is 1. The van der Waals surface area contributed by atoms with Crippen molar-refractivity contribution in [2.24, 2.45) is 0 Å². The van der Waals surface area contributed by atoms with Gasteiger partial charge in [-0.05, 0) is 29.9 Å². The van der Waals surface area contributed by atoms with Crippen molar-refractivity contribution in [1.82, 2.24) is 24.8 Å². The highest BCUT2D eigenvalue weighted by Gasteiger charge is 2.23. The Hall–Kier alpha value is -2.25. The summed E-state index contributed by atoms with van der Waals surface area (Å²) < 4.78 is 1.83. The van der Waals surface area contributed by atoms with Gasteiger partial charge in [-0.3, -0.25) is 9.69 Å². The zero-order valence-electron chi connectivity index (χ0n) is 17.1. The second-order valence-corrected chi connectivity index (χ2v) is 7.94. The standard InChI is InChI=1S/C21H31N5O2/c1-16(2)18-6-4-17(5-7-18)14-25-10-8-19(9-11-25)26-15-20(22-23-26)21(28)24(3)12-13-27/h4-7,15-16,19,27H,8-14H2,1-3H3. The van der Waals surface area contributed by atoms with Crippen LogP contribution in [0.25, 0.3) is 0 Å². The smallest absolute Gasteiger partial charge is 0.275 e. The molecule has 1 amide bonds. The van der Waals surface area contributed by atoms with Gasteiger partial charge in [-0.15, -0.1) is 5.10 Å². The van der Waals surface area contributed by atoms with Crippen LogP contribution in [0.5, 0.6) is 0 Å². The highest BCUT2D eigenvalue weighted by atomic mass is 16.3. The first-order valence-corrected chi connectivity index (χ1v) is 10.1. The Kier molecular flexibility index (Phi) is 6.80. The first-order valence-electron chi connectivity index (χ1n) is 10.1. The van der Waals surface area contributed by atoms with E-state index in [1.807, 2.05) is 4.68 Å². The van der Waals surface area contributed by atoms with Crippen molar-refractivity contribution >= 4 is 5.91 Å². The van der Waals surface area contributed by atoms with E-state index in [-0.39, 0.29) is 18.6 Å². The van der Waals surface area contributed by atoms with Crippen LogP contribution in [-0.2, 0) is 6.54 Å². The molecule has 2 aromatic rings. The van der Waals surface area contributed by atoms with Gasteiger partial charge in [0.1, 0.15) is 0 Å². The summed E-state index contributed by atoms with van der Waals surface area (Å²) >= 11 is 0. The number of likely N-dealkylation sites (tertiary alicyclic amines) is 1. The van der Waals surface area contributed by atoms with Crippen LogP contribution in [0.4, 0.5) is 0 Å². The normalized spacial score (nSPS) is 15.9. The number of piperidine rings is 1. The van der Waals surface area contributed by atoms with E-state index < -0.39 is 0 Å². The SMILES string of the molecule is CC(C)c1ccc(CN2CCC(n3cc(C(=O)N(C)CCO)nn3)CC2)cc1. The minimum atomic E-state index is -0.206. The van der Waals surface area contributed by atoms with Gasteiger partial charge in [0.2, 0.25) is 0 Å². The molecule has 1 aliphatic rings. The lowest BCUT2D eigenvalue weighted by atomic mass is 10.0.